The Morgan fingerprint density at radius 2 is 2.13 bits per heavy atom. The van der Waals surface area contributed by atoms with E-state index in [4.69, 9.17) is 14.7 Å². The van der Waals surface area contributed by atoms with Crippen LogP contribution >= 0.6 is 0 Å². The predicted octanol–water partition coefficient (Wildman–Crippen LogP) is 2.71. The van der Waals surface area contributed by atoms with Gasteiger partial charge in [-0.1, -0.05) is 0 Å². The second kappa shape index (κ2) is 9.66. The van der Waals surface area contributed by atoms with Gasteiger partial charge in [0.1, 0.15) is 19.0 Å². The van der Waals surface area contributed by atoms with Crippen LogP contribution in [0.25, 0.3) is 0 Å². The SMILES string of the molecule is COCC(=O)N1CCN(c2ccc(C#N)c(C(F)(F)F)c2)CC1COc1cccnc1. The third-order valence-electron chi connectivity index (χ3n) is 4.94. The van der Waals surface area contributed by atoms with Crippen molar-refractivity contribution in [3.8, 4) is 11.8 Å². The maximum absolute atomic E-state index is 13.4. The predicted molar refractivity (Wildman–Crippen MR) is 105 cm³/mol. The van der Waals surface area contributed by atoms with E-state index >= 15 is 0 Å². The molecule has 1 fully saturated rings. The Balaban J connectivity index is 1.82. The molecule has 0 spiro atoms. The van der Waals surface area contributed by atoms with E-state index in [9.17, 15) is 18.0 Å². The van der Waals surface area contributed by atoms with Crippen molar-refractivity contribution in [2.24, 2.45) is 0 Å². The first-order valence-electron chi connectivity index (χ1n) is 9.51. The molecule has 0 saturated carbocycles. The largest absolute Gasteiger partial charge is 0.490 e. The number of halogens is 3. The van der Waals surface area contributed by atoms with Crippen LogP contribution in [0.1, 0.15) is 11.1 Å². The van der Waals surface area contributed by atoms with Crippen molar-refractivity contribution in [2.75, 3.05) is 44.9 Å². The van der Waals surface area contributed by atoms with Crippen molar-refractivity contribution in [3.63, 3.8) is 0 Å². The molecule has 1 aliphatic heterocycles. The normalized spacial score (nSPS) is 16.7. The Kier molecular flexibility index (Phi) is 6.97. The molecule has 1 saturated heterocycles. The Morgan fingerprint density at radius 3 is 2.77 bits per heavy atom. The van der Waals surface area contributed by atoms with Crippen molar-refractivity contribution < 1.29 is 27.4 Å². The van der Waals surface area contributed by atoms with E-state index in [1.807, 2.05) is 0 Å². The third-order valence-corrected chi connectivity index (χ3v) is 4.94. The summed E-state index contributed by atoms with van der Waals surface area (Å²) in [5, 5.41) is 9.01. The lowest BCUT2D eigenvalue weighted by atomic mass is 10.0. The number of methoxy groups -OCH3 is 1. The van der Waals surface area contributed by atoms with Crippen LogP contribution in [-0.4, -0.2) is 61.8 Å². The number of rotatable bonds is 6. The molecule has 10 heteroatoms. The Hall–Kier alpha value is -3.32. The van der Waals surface area contributed by atoms with Gasteiger partial charge < -0.3 is 19.3 Å². The standard InChI is InChI=1S/C21H21F3N4O3/c1-30-14-20(29)28-8-7-27(12-17(28)13-31-18-3-2-6-26-11-18)16-5-4-15(10-25)19(9-16)21(22,23)24/h2-6,9,11,17H,7-8,12-14H2,1H3. The molecule has 31 heavy (non-hydrogen) atoms. The zero-order valence-electron chi connectivity index (χ0n) is 16.8. The van der Waals surface area contributed by atoms with Gasteiger partial charge in [0, 0.05) is 38.6 Å². The summed E-state index contributed by atoms with van der Waals surface area (Å²) in [6.07, 6.45) is -1.50. The van der Waals surface area contributed by atoms with Gasteiger partial charge in [0.2, 0.25) is 5.91 Å². The molecule has 0 N–H and O–H groups in total. The van der Waals surface area contributed by atoms with Crippen LogP contribution in [0.15, 0.2) is 42.7 Å². The van der Waals surface area contributed by atoms with Gasteiger partial charge in [-0.25, -0.2) is 0 Å². The van der Waals surface area contributed by atoms with Crippen LogP contribution in [0.2, 0.25) is 0 Å². The van der Waals surface area contributed by atoms with Gasteiger partial charge in [-0.15, -0.1) is 0 Å². The highest BCUT2D eigenvalue weighted by atomic mass is 19.4. The maximum Gasteiger partial charge on any atom is 0.417 e. The number of carbonyl (C=O) groups excluding carboxylic acids is 1. The number of hydrogen-bond acceptors (Lipinski definition) is 6. The highest BCUT2D eigenvalue weighted by Gasteiger charge is 2.36. The summed E-state index contributed by atoms with van der Waals surface area (Å²) < 4.78 is 50.8. The van der Waals surface area contributed by atoms with E-state index in [1.54, 1.807) is 34.2 Å². The number of piperazine rings is 1. The Labute approximate surface area is 177 Å². The summed E-state index contributed by atoms with van der Waals surface area (Å²) in [5.74, 6) is 0.300. The lowest BCUT2D eigenvalue weighted by molar-refractivity contribution is -0.138. The molecular weight excluding hydrogens is 413 g/mol. The number of ether oxygens (including phenoxy) is 2. The first-order chi connectivity index (χ1) is 14.8. The number of amides is 1. The van der Waals surface area contributed by atoms with Crippen LogP contribution in [0, 0.1) is 11.3 Å². The molecule has 1 aromatic heterocycles. The molecule has 0 radical (unpaired) electrons. The summed E-state index contributed by atoms with van der Waals surface area (Å²) in [5.41, 5.74) is -1.08. The van der Waals surface area contributed by atoms with E-state index in [1.165, 1.54) is 25.4 Å². The van der Waals surface area contributed by atoms with Crippen LogP contribution < -0.4 is 9.64 Å². The van der Waals surface area contributed by atoms with Gasteiger partial charge in [0.05, 0.1) is 29.4 Å². The smallest absolute Gasteiger partial charge is 0.417 e. The molecule has 1 amide bonds. The van der Waals surface area contributed by atoms with Crippen molar-refractivity contribution in [1.82, 2.24) is 9.88 Å². The molecule has 2 heterocycles. The summed E-state index contributed by atoms with van der Waals surface area (Å²) >= 11 is 0. The molecule has 1 aliphatic rings. The minimum atomic E-state index is -4.64. The van der Waals surface area contributed by atoms with E-state index in [2.05, 4.69) is 4.98 Å². The molecule has 3 rings (SSSR count). The van der Waals surface area contributed by atoms with Crippen molar-refractivity contribution in [1.29, 1.82) is 5.26 Å². The van der Waals surface area contributed by atoms with Crippen molar-refractivity contribution >= 4 is 11.6 Å². The monoisotopic (exact) mass is 434 g/mol. The van der Waals surface area contributed by atoms with Crippen LogP contribution in [0.5, 0.6) is 5.75 Å². The topological polar surface area (TPSA) is 78.7 Å². The first kappa shape index (κ1) is 22.4. The highest BCUT2D eigenvalue weighted by Crippen LogP contribution is 2.35. The summed E-state index contributed by atoms with van der Waals surface area (Å²) in [6.45, 7) is 0.935. The summed E-state index contributed by atoms with van der Waals surface area (Å²) in [7, 11) is 1.42. The van der Waals surface area contributed by atoms with Gasteiger partial charge in [0.25, 0.3) is 0 Å². The van der Waals surface area contributed by atoms with E-state index in [-0.39, 0.29) is 25.7 Å². The minimum absolute atomic E-state index is 0.0987. The van der Waals surface area contributed by atoms with Crippen LogP contribution in [-0.2, 0) is 15.7 Å². The number of nitriles is 1. The number of nitrogens with zero attached hydrogens (tertiary/aromatic N) is 4. The molecule has 1 atom stereocenters. The lowest BCUT2D eigenvalue weighted by Gasteiger charge is -2.42. The van der Waals surface area contributed by atoms with Crippen LogP contribution in [0.4, 0.5) is 18.9 Å². The summed E-state index contributed by atoms with van der Waals surface area (Å²) in [6, 6.07) is 8.24. The molecule has 1 aromatic carbocycles. The number of benzene rings is 1. The van der Waals surface area contributed by atoms with Crippen molar-refractivity contribution in [2.45, 2.75) is 12.2 Å². The first-order valence-corrected chi connectivity index (χ1v) is 9.51. The lowest BCUT2D eigenvalue weighted by Crippen LogP contribution is -2.58. The number of alkyl halides is 3. The fourth-order valence-corrected chi connectivity index (χ4v) is 3.45. The number of pyridine rings is 1. The number of anilines is 1. The fraction of sp³-hybridized carbons (Fsp3) is 0.381. The Morgan fingerprint density at radius 1 is 1.32 bits per heavy atom. The maximum atomic E-state index is 13.4. The van der Waals surface area contributed by atoms with Crippen LogP contribution in [0.3, 0.4) is 0 Å². The molecule has 0 bridgehead atoms. The van der Waals surface area contributed by atoms with Gasteiger partial charge in [-0.3, -0.25) is 9.78 Å². The van der Waals surface area contributed by atoms with Crippen molar-refractivity contribution in [3.05, 3.63) is 53.9 Å². The van der Waals surface area contributed by atoms with E-state index in [0.717, 1.165) is 6.07 Å². The zero-order chi connectivity index (χ0) is 22.4. The Bertz CT molecular complexity index is 947. The van der Waals surface area contributed by atoms with Gasteiger partial charge in [-0.05, 0) is 30.3 Å². The second-order valence-electron chi connectivity index (χ2n) is 6.96. The molecule has 0 aliphatic carbocycles. The molecule has 164 valence electrons. The molecule has 7 nitrogen and oxygen atoms in total. The molecule has 2 aromatic rings. The second-order valence-corrected chi connectivity index (χ2v) is 6.96. The average molecular weight is 434 g/mol. The van der Waals surface area contributed by atoms with Gasteiger partial charge >= 0.3 is 6.18 Å². The van der Waals surface area contributed by atoms with Gasteiger partial charge in [0.15, 0.2) is 0 Å². The van der Waals surface area contributed by atoms with E-state index in [0.29, 0.717) is 24.5 Å². The zero-order valence-corrected chi connectivity index (χ0v) is 16.8. The van der Waals surface area contributed by atoms with E-state index < -0.39 is 23.3 Å². The fourth-order valence-electron chi connectivity index (χ4n) is 3.45. The number of carbonyl (C=O) groups is 1. The minimum Gasteiger partial charge on any atom is -0.490 e. The number of aromatic nitrogens is 1. The van der Waals surface area contributed by atoms with Gasteiger partial charge in [-0.2, -0.15) is 18.4 Å². The molecular formula is C21H21F3N4O3. The average Bonchev–Trinajstić information content (AvgIpc) is 2.77. The third kappa shape index (κ3) is 5.44. The highest BCUT2D eigenvalue weighted by molar-refractivity contribution is 5.78. The quantitative estimate of drug-likeness (QED) is 0.696. The molecule has 1 unspecified atom stereocenters. The number of hydrogen-bond donors (Lipinski definition) is 0. The summed E-state index contributed by atoms with van der Waals surface area (Å²) in [4.78, 5) is 19.8.